The zero-order valence-electron chi connectivity index (χ0n) is 9.30. The van der Waals surface area contributed by atoms with Gasteiger partial charge in [-0.3, -0.25) is 0 Å². The standard InChI is InChI=1S/C12H18N2O/c1-14(2)9-8-12(10-13-15)11-6-4-3-5-7-11/h3-7,10,12,15H,8-9H2,1-2H3. The Bertz CT molecular complexity index is 296. The molecule has 1 unspecified atom stereocenters. The minimum atomic E-state index is 0.193. The van der Waals surface area contributed by atoms with Crippen LogP contribution in [0.5, 0.6) is 0 Å². The highest BCUT2D eigenvalue weighted by Crippen LogP contribution is 2.17. The summed E-state index contributed by atoms with van der Waals surface area (Å²) in [6, 6.07) is 10.1. The third kappa shape index (κ3) is 4.13. The van der Waals surface area contributed by atoms with Gasteiger partial charge >= 0.3 is 0 Å². The van der Waals surface area contributed by atoms with E-state index in [0.29, 0.717) is 0 Å². The molecule has 0 amide bonds. The summed E-state index contributed by atoms with van der Waals surface area (Å²) in [5.41, 5.74) is 1.19. The van der Waals surface area contributed by atoms with Crippen molar-refractivity contribution in [2.24, 2.45) is 5.16 Å². The molecule has 0 saturated carbocycles. The number of oxime groups is 1. The highest BCUT2D eigenvalue weighted by atomic mass is 16.4. The van der Waals surface area contributed by atoms with Gasteiger partial charge in [-0.05, 0) is 32.6 Å². The Hall–Kier alpha value is -1.35. The molecule has 1 rings (SSSR count). The third-order valence-electron chi connectivity index (χ3n) is 2.36. The molecule has 0 spiro atoms. The van der Waals surface area contributed by atoms with Gasteiger partial charge in [-0.2, -0.15) is 0 Å². The first-order chi connectivity index (χ1) is 7.24. The van der Waals surface area contributed by atoms with Gasteiger partial charge in [0.05, 0.1) is 6.21 Å². The van der Waals surface area contributed by atoms with Crippen LogP contribution in [0.2, 0.25) is 0 Å². The van der Waals surface area contributed by atoms with Gasteiger partial charge in [-0.1, -0.05) is 30.3 Å². The minimum absolute atomic E-state index is 0.193. The summed E-state index contributed by atoms with van der Waals surface area (Å²) in [5, 5.41) is 11.8. The Labute approximate surface area is 91.0 Å². The maximum absolute atomic E-state index is 8.62. The van der Waals surface area contributed by atoms with Gasteiger partial charge < -0.3 is 10.1 Å². The van der Waals surface area contributed by atoms with E-state index in [-0.39, 0.29) is 5.92 Å². The highest BCUT2D eigenvalue weighted by molar-refractivity contribution is 5.67. The molecule has 1 N–H and O–H groups in total. The second kappa shape index (κ2) is 6.19. The molecule has 0 aliphatic rings. The Kier molecular flexibility index (Phi) is 4.84. The molecule has 0 radical (unpaired) electrons. The van der Waals surface area contributed by atoms with Crippen LogP contribution in [-0.2, 0) is 0 Å². The summed E-state index contributed by atoms with van der Waals surface area (Å²) < 4.78 is 0. The van der Waals surface area contributed by atoms with Crippen LogP contribution < -0.4 is 0 Å². The second-order valence-electron chi connectivity index (χ2n) is 3.87. The van der Waals surface area contributed by atoms with Crippen molar-refractivity contribution in [2.75, 3.05) is 20.6 Å². The summed E-state index contributed by atoms with van der Waals surface area (Å²) in [6.45, 7) is 0.978. The number of hydrogen-bond acceptors (Lipinski definition) is 3. The van der Waals surface area contributed by atoms with Gasteiger partial charge in [0.15, 0.2) is 0 Å². The van der Waals surface area contributed by atoms with E-state index in [9.17, 15) is 0 Å². The predicted octanol–water partition coefficient (Wildman–Crippen LogP) is 2.18. The summed E-state index contributed by atoms with van der Waals surface area (Å²) in [7, 11) is 4.08. The Morgan fingerprint density at radius 2 is 2.00 bits per heavy atom. The molecular formula is C12H18N2O. The van der Waals surface area contributed by atoms with Gasteiger partial charge in [0.25, 0.3) is 0 Å². The van der Waals surface area contributed by atoms with E-state index in [1.807, 2.05) is 32.3 Å². The molecule has 0 bridgehead atoms. The lowest BCUT2D eigenvalue weighted by Crippen LogP contribution is -2.16. The molecule has 82 valence electrons. The lowest BCUT2D eigenvalue weighted by atomic mass is 9.97. The molecule has 0 aliphatic carbocycles. The molecule has 15 heavy (non-hydrogen) atoms. The van der Waals surface area contributed by atoms with Crippen molar-refractivity contribution in [1.29, 1.82) is 0 Å². The van der Waals surface area contributed by atoms with E-state index in [0.717, 1.165) is 13.0 Å². The van der Waals surface area contributed by atoms with Gasteiger partial charge in [0.2, 0.25) is 0 Å². The Morgan fingerprint density at radius 3 is 2.53 bits per heavy atom. The van der Waals surface area contributed by atoms with Crippen molar-refractivity contribution < 1.29 is 5.21 Å². The fourth-order valence-electron chi connectivity index (χ4n) is 1.51. The first kappa shape index (κ1) is 11.7. The number of benzene rings is 1. The van der Waals surface area contributed by atoms with E-state index < -0.39 is 0 Å². The molecule has 0 aromatic heterocycles. The monoisotopic (exact) mass is 206 g/mol. The molecule has 1 aromatic carbocycles. The van der Waals surface area contributed by atoms with Crippen molar-refractivity contribution in [3.05, 3.63) is 35.9 Å². The number of nitrogens with zero attached hydrogens (tertiary/aromatic N) is 2. The van der Waals surface area contributed by atoms with Crippen LogP contribution in [0.25, 0.3) is 0 Å². The van der Waals surface area contributed by atoms with Crippen LogP contribution in [0.3, 0.4) is 0 Å². The molecule has 0 heterocycles. The van der Waals surface area contributed by atoms with Gasteiger partial charge in [0, 0.05) is 5.92 Å². The first-order valence-electron chi connectivity index (χ1n) is 5.11. The van der Waals surface area contributed by atoms with Crippen LogP contribution >= 0.6 is 0 Å². The van der Waals surface area contributed by atoms with E-state index in [1.54, 1.807) is 6.21 Å². The predicted molar refractivity (Wildman–Crippen MR) is 62.6 cm³/mol. The average Bonchev–Trinajstić information content (AvgIpc) is 2.25. The second-order valence-corrected chi connectivity index (χ2v) is 3.87. The molecule has 0 saturated heterocycles. The zero-order valence-corrected chi connectivity index (χ0v) is 9.30. The third-order valence-corrected chi connectivity index (χ3v) is 2.36. The minimum Gasteiger partial charge on any atom is -0.411 e. The van der Waals surface area contributed by atoms with Crippen LogP contribution in [0.1, 0.15) is 17.9 Å². The highest BCUT2D eigenvalue weighted by Gasteiger charge is 2.08. The molecule has 0 aliphatic heterocycles. The van der Waals surface area contributed by atoms with Crippen molar-refractivity contribution in [2.45, 2.75) is 12.3 Å². The molecule has 0 fully saturated rings. The van der Waals surface area contributed by atoms with Crippen molar-refractivity contribution in [1.82, 2.24) is 4.90 Å². The van der Waals surface area contributed by atoms with Crippen molar-refractivity contribution >= 4 is 6.21 Å². The SMILES string of the molecule is CN(C)CCC(C=NO)c1ccccc1. The number of hydrogen-bond donors (Lipinski definition) is 1. The molecule has 3 heteroatoms. The summed E-state index contributed by atoms with van der Waals surface area (Å²) in [6.07, 6.45) is 2.56. The molecule has 1 aromatic rings. The maximum Gasteiger partial charge on any atom is 0.0511 e. The summed E-state index contributed by atoms with van der Waals surface area (Å²) in [5.74, 6) is 0.193. The largest absolute Gasteiger partial charge is 0.411 e. The van der Waals surface area contributed by atoms with Crippen LogP contribution in [0.4, 0.5) is 0 Å². The topological polar surface area (TPSA) is 35.8 Å². The van der Waals surface area contributed by atoms with E-state index >= 15 is 0 Å². The lowest BCUT2D eigenvalue weighted by molar-refractivity contribution is 0.318. The molecule has 3 nitrogen and oxygen atoms in total. The summed E-state index contributed by atoms with van der Waals surface area (Å²) in [4.78, 5) is 2.13. The van der Waals surface area contributed by atoms with E-state index in [4.69, 9.17) is 5.21 Å². The van der Waals surface area contributed by atoms with Gasteiger partial charge in [0.1, 0.15) is 0 Å². The fraction of sp³-hybridized carbons (Fsp3) is 0.417. The van der Waals surface area contributed by atoms with Crippen molar-refractivity contribution in [3.63, 3.8) is 0 Å². The fourth-order valence-corrected chi connectivity index (χ4v) is 1.51. The lowest BCUT2D eigenvalue weighted by Gasteiger charge is -2.15. The van der Waals surface area contributed by atoms with Crippen LogP contribution in [0, 0.1) is 0 Å². The quantitative estimate of drug-likeness (QED) is 0.455. The Balaban J connectivity index is 2.66. The molecule has 1 atom stereocenters. The molecular weight excluding hydrogens is 188 g/mol. The van der Waals surface area contributed by atoms with Gasteiger partial charge in [-0.15, -0.1) is 5.16 Å². The van der Waals surface area contributed by atoms with E-state index in [1.165, 1.54) is 5.56 Å². The normalized spacial score (nSPS) is 13.5. The van der Waals surface area contributed by atoms with Crippen LogP contribution in [-0.4, -0.2) is 37.0 Å². The number of rotatable bonds is 5. The Morgan fingerprint density at radius 1 is 1.33 bits per heavy atom. The smallest absolute Gasteiger partial charge is 0.0511 e. The zero-order chi connectivity index (χ0) is 11.1. The average molecular weight is 206 g/mol. The first-order valence-corrected chi connectivity index (χ1v) is 5.11. The van der Waals surface area contributed by atoms with Crippen LogP contribution in [0.15, 0.2) is 35.5 Å². The van der Waals surface area contributed by atoms with Gasteiger partial charge in [-0.25, -0.2) is 0 Å². The van der Waals surface area contributed by atoms with E-state index in [2.05, 4.69) is 22.2 Å². The van der Waals surface area contributed by atoms with Crippen molar-refractivity contribution in [3.8, 4) is 0 Å². The summed E-state index contributed by atoms with van der Waals surface area (Å²) >= 11 is 0. The maximum atomic E-state index is 8.62.